The van der Waals surface area contributed by atoms with E-state index in [0.717, 1.165) is 27.7 Å². The predicted molar refractivity (Wildman–Crippen MR) is 115 cm³/mol. The minimum Gasteiger partial charge on any atom is -0.480 e. The number of hydrogen-bond acceptors (Lipinski definition) is 4. The molecular weight excluding hydrogens is 380 g/mol. The first-order chi connectivity index (χ1) is 14.4. The second-order valence-corrected chi connectivity index (χ2v) is 8.19. The van der Waals surface area contributed by atoms with Gasteiger partial charge in [-0.1, -0.05) is 38.1 Å². The standard InChI is InChI=1S/C24H22N2O4/c1-12(2)13-7-8-15-20(9-13)30-11-17(23(15)27)22-21-16(10-19(26-22)24(28)29)14-5-3-4-6-18(14)25-21/h3-9,11-12,19,22,25-26H,10H2,1-2H3,(H,28,29)/t19-,22+/m0/s1. The minimum absolute atomic E-state index is 0.153. The molecule has 0 bridgehead atoms. The number of aliphatic carboxylic acids is 1. The minimum atomic E-state index is -0.942. The highest BCUT2D eigenvalue weighted by Crippen LogP contribution is 2.35. The topological polar surface area (TPSA) is 95.3 Å². The fraction of sp³-hybridized carbons (Fsp3) is 0.250. The summed E-state index contributed by atoms with van der Waals surface area (Å²) in [4.78, 5) is 28.6. The molecule has 30 heavy (non-hydrogen) atoms. The van der Waals surface area contributed by atoms with Crippen molar-refractivity contribution in [3.05, 3.63) is 81.3 Å². The van der Waals surface area contributed by atoms with E-state index in [9.17, 15) is 14.7 Å². The normalized spacial score (nSPS) is 18.8. The third-order valence-corrected chi connectivity index (χ3v) is 6.01. The van der Waals surface area contributed by atoms with E-state index in [0.29, 0.717) is 28.9 Å². The summed E-state index contributed by atoms with van der Waals surface area (Å²) in [5.74, 6) is -0.618. The Labute approximate surface area is 172 Å². The molecule has 6 heteroatoms. The summed E-state index contributed by atoms with van der Waals surface area (Å²) in [6.07, 6.45) is 1.81. The number of para-hydroxylation sites is 1. The van der Waals surface area contributed by atoms with E-state index in [-0.39, 0.29) is 5.43 Å². The van der Waals surface area contributed by atoms with Gasteiger partial charge in [0.2, 0.25) is 0 Å². The van der Waals surface area contributed by atoms with Crippen molar-refractivity contribution in [1.29, 1.82) is 0 Å². The largest absolute Gasteiger partial charge is 0.480 e. The molecule has 3 N–H and O–H groups in total. The van der Waals surface area contributed by atoms with Crippen LogP contribution in [0.25, 0.3) is 21.9 Å². The van der Waals surface area contributed by atoms with Crippen molar-refractivity contribution in [1.82, 2.24) is 10.3 Å². The first-order valence-electron chi connectivity index (χ1n) is 10.1. The maximum Gasteiger partial charge on any atom is 0.321 e. The quantitative estimate of drug-likeness (QED) is 0.480. The number of hydrogen-bond donors (Lipinski definition) is 3. The van der Waals surface area contributed by atoms with Gasteiger partial charge in [-0.15, -0.1) is 0 Å². The number of rotatable bonds is 3. The van der Waals surface area contributed by atoms with Crippen LogP contribution in [0.4, 0.5) is 0 Å². The van der Waals surface area contributed by atoms with Gasteiger partial charge < -0.3 is 14.5 Å². The lowest BCUT2D eigenvalue weighted by atomic mass is 9.90. The summed E-state index contributed by atoms with van der Waals surface area (Å²) in [6, 6.07) is 12.0. The molecular formula is C24H22N2O4. The summed E-state index contributed by atoms with van der Waals surface area (Å²) in [5, 5.41) is 14.3. The summed E-state index contributed by atoms with van der Waals surface area (Å²) in [6.45, 7) is 4.17. The zero-order valence-electron chi connectivity index (χ0n) is 16.7. The molecule has 0 radical (unpaired) electrons. The van der Waals surface area contributed by atoms with Crippen LogP contribution in [0.15, 0.2) is 57.9 Å². The van der Waals surface area contributed by atoms with Gasteiger partial charge in [0.1, 0.15) is 17.9 Å². The van der Waals surface area contributed by atoms with Crippen LogP contribution in [0.5, 0.6) is 0 Å². The number of carboxylic acids is 1. The van der Waals surface area contributed by atoms with Gasteiger partial charge in [-0.3, -0.25) is 14.9 Å². The van der Waals surface area contributed by atoms with Gasteiger partial charge in [0.25, 0.3) is 0 Å². The van der Waals surface area contributed by atoms with Crippen LogP contribution in [-0.4, -0.2) is 22.1 Å². The van der Waals surface area contributed by atoms with Crippen LogP contribution < -0.4 is 10.7 Å². The lowest BCUT2D eigenvalue weighted by Gasteiger charge is -2.29. The Morgan fingerprint density at radius 3 is 2.73 bits per heavy atom. The number of nitrogens with one attached hydrogen (secondary N) is 2. The highest BCUT2D eigenvalue weighted by molar-refractivity contribution is 5.87. The molecule has 0 saturated carbocycles. The number of carbonyl (C=O) groups is 1. The first kappa shape index (κ1) is 18.6. The molecule has 5 rings (SSSR count). The molecule has 2 atom stereocenters. The molecule has 0 aliphatic carbocycles. The number of benzene rings is 2. The number of carboxylic acid groups (broad SMARTS) is 1. The van der Waals surface area contributed by atoms with Crippen LogP contribution in [-0.2, 0) is 11.2 Å². The number of fused-ring (bicyclic) bond motifs is 4. The molecule has 0 amide bonds. The molecule has 0 saturated heterocycles. The van der Waals surface area contributed by atoms with E-state index in [1.165, 1.54) is 6.26 Å². The average Bonchev–Trinajstić information content (AvgIpc) is 3.12. The zero-order valence-corrected chi connectivity index (χ0v) is 16.7. The lowest BCUT2D eigenvalue weighted by molar-refractivity contribution is -0.139. The maximum absolute atomic E-state index is 13.3. The van der Waals surface area contributed by atoms with Gasteiger partial charge in [-0.25, -0.2) is 0 Å². The molecule has 0 fully saturated rings. The Bertz CT molecular complexity index is 1350. The summed E-state index contributed by atoms with van der Waals surface area (Å²) < 4.78 is 5.85. The average molecular weight is 402 g/mol. The van der Waals surface area contributed by atoms with E-state index in [1.807, 2.05) is 36.4 Å². The smallest absolute Gasteiger partial charge is 0.321 e. The molecule has 3 heterocycles. The SMILES string of the molecule is CC(C)c1ccc2c(=O)c([C@H]3N[C@H](C(=O)O)Cc4c3[nH]c3ccccc43)coc2c1. The Kier molecular flexibility index (Phi) is 4.25. The fourth-order valence-electron chi connectivity index (χ4n) is 4.36. The molecule has 2 aromatic carbocycles. The van der Waals surface area contributed by atoms with E-state index in [1.54, 1.807) is 6.07 Å². The monoisotopic (exact) mass is 402 g/mol. The molecule has 4 aromatic rings. The highest BCUT2D eigenvalue weighted by Gasteiger charge is 2.35. The third kappa shape index (κ3) is 2.83. The first-order valence-corrected chi connectivity index (χ1v) is 10.1. The van der Waals surface area contributed by atoms with Crippen LogP contribution in [0, 0.1) is 0 Å². The van der Waals surface area contributed by atoms with E-state index < -0.39 is 18.1 Å². The summed E-state index contributed by atoms with van der Waals surface area (Å²) >= 11 is 0. The predicted octanol–water partition coefficient (Wildman–Crippen LogP) is 4.09. The van der Waals surface area contributed by atoms with Crippen molar-refractivity contribution in [2.75, 3.05) is 0 Å². The van der Waals surface area contributed by atoms with Gasteiger partial charge in [0.15, 0.2) is 5.43 Å². The molecule has 2 aromatic heterocycles. The van der Waals surface area contributed by atoms with Crippen molar-refractivity contribution in [3.63, 3.8) is 0 Å². The van der Waals surface area contributed by atoms with Crippen molar-refractivity contribution in [3.8, 4) is 0 Å². The molecule has 0 spiro atoms. The van der Waals surface area contributed by atoms with E-state index in [2.05, 4.69) is 24.1 Å². The molecule has 6 nitrogen and oxygen atoms in total. The van der Waals surface area contributed by atoms with E-state index >= 15 is 0 Å². The van der Waals surface area contributed by atoms with Gasteiger partial charge in [-0.2, -0.15) is 0 Å². The maximum atomic E-state index is 13.3. The van der Waals surface area contributed by atoms with Crippen LogP contribution in [0.2, 0.25) is 0 Å². The second kappa shape index (κ2) is 6.85. The van der Waals surface area contributed by atoms with Gasteiger partial charge in [-0.05, 0) is 35.2 Å². The fourth-order valence-corrected chi connectivity index (χ4v) is 4.36. The zero-order chi connectivity index (χ0) is 21.0. The number of aromatic amines is 1. The van der Waals surface area contributed by atoms with Gasteiger partial charge in [0.05, 0.1) is 17.0 Å². The molecule has 1 aliphatic rings. The number of H-pyrrole nitrogens is 1. The third-order valence-electron chi connectivity index (χ3n) is 6.01. The van der Waals surface area contributed by atoms with Crippen LogP contribution in [0.1, 0.15) is 48.2 Å². The second-order valence-electron chi connectivity index (χ2n) is 8.19. The van der Waals surface area contributed by atoms with Gasteiger partial charge >= 0.3 is 5.97 Å². The Morgan fingerprint density at radius 2 is 1.97 bits per heavy atom. The van der Waals surface area contributed by atoms with Crippen LogP contribution >= 0.6 is 0 Å². The Hall–Kier alpha value is -3.38. The van der Waals surface area contributed by atoms with Crippen molar-refractivity contribution in [2.24, 2.45) is 0 Å². The lowest BCUT2D eigenvalue weighted by Crippen LogP contribution is -2.46. The molecule has 152 valence electrons. The van der Waals surface area contributed by atoms with Crippen LogP contribution in [0.3, 0.4) is 0 Å². The Morgan fingerprint density at radius 1 is 1.17 bits per heavy atom. The number of aromatic nitrogens is 1. The Balaban J connectivity index is 1.70. The highest BCUT2D eigenvalue weighted by atomic mass is 16.4. The van der Waals surface area contributed by atoms with Crippen molar-refractivity contribution >= 4 is 27.8 Å². The van der Waals surface area contributed by atoms with Crippen molar-refractivity contribution in [2.45, 2.75) is 38.3 Å². The van der Waals surface area contributed by atoms with E-state index in [4.69, 9.17) is 4.42 Å². The molecule has 1 aliphatic heterocycles. The molecule has 0 unspecified atom stereocenters. The van der Waals surface area contributed by atoms with Crippen molar-refractivity contribution < 1.29 is 14.3 Å². The summed E-state index contributed by atoms with van der Waals surface area (Å²) in [7, 11) is 0. The summed E-state index contributed by atoms with van der Waals surface area (Å²) in [5.41, 5.74) is 4.55. The van der Waals surface area contributed by atoms with Gasteiger partial charge in [0, 0.05) is 23.0 Å².